The molecule has 0 bridgehead atoms. The molecule has 0 saturated carbocycles. The summed E-state index contributed by atoms with van der Waals surface area (Å²) >= 11 is 0. The first kappa shape index (κ1) is 35.1. The SMILES string of the molecule is CC(C)(CO)CO.O=C(O)CCCCC(=O)O.O=C(O)c1ccc2c(c1)C(=O)OC2=O.O=C1OC(=O)c2ccccc21. The summed E-state index contributed by atoms with van der Waals surface area (Å²) in [7, 11) is 0. The van der Waals surface area contributed by atoms with Crippen molar-refractivity contribution in [3.8, 4) is 0 Å². The monoisotopic (exact) mass is 590 g/mol. The summed E-state index contributed by atoms with van der Waals surface area (Å²) in [5, 5.41) is 41.8. The Balaban J connectivity index is 0.000000289. The number of hydrogen-bond acceptors (Lipinski definition) is 11. The number of aliphatic hydroxyl groups excluding tert-OH is 2. The van der Waals surface area contributed by atoms with Crippen molar-refractivity contribution in [2.24, 2.45) is 5.41 Å². The topological polar surface area (TPSA) is 239 Å². The molecule has 2 aliphatic rings. The zero-order chi connectivity index (χ0) is 32.0. The Morgan fingerprint density at radius 3 is 1.36 bits per heavy atom. The third kappa shape index (κ3) is 11.3. The molecule has 0 spiro atoms. The molecule has 0 amide bonds. The van der Waals surface area contributed by atoms with E-state index in [2.05, 4.69) is 9.47 Å². The number of fused-ring (bicyclic) bond motifs is 2. The lowest BCUT2D eigenvalue weighted by molar-refractivity contribution is -0.139. The van der Waals surface area contributed by atoms with Gasteiger partial charge in [0.25, 0.3) is 0 Å². The molecular weight excluding hydrogens is 560 g/mol. The number of hydrogen-bond donors (Lipinski definition) is 5. The predicted molar refractivity (Wildman–Crippen MR) is 141 cm³/mol. The maximum absolute atomic E-state index is 11.0. The smallest absolute Gasteiger partial charge is 0.346 e. The fourth-order valence-electron chi connectivity index (χ4n) is 2.85. The summed E-state index contributed by atoms with van der Waals surface area (Å²) in [5.74, 6) is -5.53. The van der Waals surface area contributed by atoms with Crippen LogP contribution in [-0.2, 0) is 19.1 Å². The predicted octanol–water partition coefficient (Wildman–Crippen LogP) is 2.41. The van der Waals surface area contributed by atoms with E-state index in [9.17, 15) is 33.6 Å². The highest BCUT2D eigenvalue weighted by atomic mass is 16.6. The summed E-state index contributed by atoms with van der Waals surface area (Å²) in [6.07, 6.45) is 1.02. The van der Waals surface area contributed by atoms with Gasteiger partial charge in [0.15, 0.2) is 0 Å². The van der Waals surface area contributed by atoms with E-state index in [0.717, 1.165) is 6.07 Å². The minimum absolute atomic E-state index is 0.00917. The molecule has 0 fully saturated rings. The van der Waals surface area contributed by atoms with Gasteiger partial charge in [0.2, 0.25) is 0 Å². The molecule has 42 heavy (non-hydrogen) atoms. The Labute approximate surface area is 239 Å². The Hall–Kier alpha value is -4.95. The third-order valence-corrected chi connectivity index (χ3v) is 5.33. The molecule has 0 saturated heterocycles. The number of aliphatic carboxylic acids is 2. The molecule has 14 nitrogen and oxygen atoms in total. The first-order valence-electron chi connectivity index (χ1n) is 12.3. The van der Waals surface area contributed by atoms with Crippen molar-refractivity contribution >= 4 is 41.8 Å². The van der Waals surface area contributed by atoms with Crippen molar-refractivity contribution in [3.05, 3.63) is 70.3 Å². The van der Waals surface area contributed by atoms with Crippen LogP contribution in [0.2, 0.25) is 0 Å². The largest absolute Gasteiger partial charge is 0.481 e. The van der Waals surface area contributed by atoms with Crippen LogP contribution in [0.25, 0.3) is 0 Å². The van der Waals surface area contributed by atoms with Gasteiger partial charge in [-0.25, -0.2) is 24.0 Å². The number of esters is 4. The number of carboxylic acids is 3. The zero-order valence-corrected chi connectivity index (χ0v) is 22.7. The molecule has 2 aliphatic heterocycles. The molecule has 5 N–H and O–H groups in total. The van der Waals surface area contributed by atoms with Crippen molar-refractivity contribution in [2.75, 3.05) is 13.2 Å². The van der Waals surface area contributed by atoms with Crippen molar-refractivity contribution in [3.63, 3.8) is 0 Å². The van der Waals surface area contributed by atoms with Crippen molar-refractivity contribution in [1.29, 1.82) is 0 Å². The van der Waals surface area contributed by atoms with Gasteiger partial charge in [0.1, 0.15) is 0 Å². The lowest BCUT2D eigenvalue weighted by Gasteiger charge is -2.16. The number of unbranched alkanes of at least 4 members (excludes halogenated alkanes) is 1. The maximum Gasteiger partial charge on any atom is 0.346 e. The second-order valence-electron chi connectivity index (χ2n) is 9.44. The van der Waals surface area contributed by atoms with Gasteiger partial charge in [-0.1, -0.05) is 26.0 Å². The van der Waals surface area contributed by atoms with Crippen molar-refractivity contribution in [2.45, 2.75) is 39.5 Å². The number of carbonyl (C=O) groups excluding carboxylic acids is 4. The van der Waals surface area contributed by atoms with Crippen LogP contribution in [0.1, 0.15) is 91.3 Å². The van der Waals surface area contributed by atoms with E-state index < -0.39 is 41.8 Å². The van der Waals surface area contributed by atoms with Crippen LogP contribution in [0, 0.1) is 5.41 Å². The first-order chi connectivity index (χ1) is 19.6. The number of benzene rings is 2. The van der Waals surface area contributed by atoms with Crippen LogP contribution in [0.4, 0.5) is 0 Å². The molecule has 0 radical (unpaired) electrons. The Kier molecular flexibility index (Phi) is 13.7. The maximum atomic E-state index is 11.0. The normalized spacial score (nSPS) is 12.6. The molecule has 226 valence electrons. The third-order valence-electron chi connectivity index (χ3n) is 5.33. The highest BCUT2D eigenvalue weighted by Gasteiger charge is 2.30. The van der Waals surface area contributed by atoms with Crippen LogP contribution in [0.5, 0.6) is 0 Å². The number of aliphatic hydroxyl groups is 2. The zero-order valence-electron chi connectivity index (χ0n) is 22.7. The molecule has 0 aromatic heterocycles. The molecule has 4 rings (SSSR count). The molecule has 2 aromatic carbocycles. The lowest BCUT2D eigenvalue weighted by Crippen LogP contribution is -2.20. The van der Waals surface area contributed by atoms with E-state index >= 15 is 0 Å². The molecule has 0 atom stereocenters. The highest BCUT2D eigenvalue weighted by molar-refractivity contribution is 6.15. The van der Waals surface area contributed by atoms with Gasteiger partial charge in [0, 0.05) is 18.3 Å². The van der Waals surface area contributed by atoms with Crippen molar-refractivity contribution in [1.82, 2.24) is 0 Å². The van der Waals surface area contributed by atoms with E-state index in [1.165, 1.54) is 12.1 Å². The van der Waals surface area contributed by atoms with Crippen LogP contribution in [-0.4, -0.2) is 80.5 Å². The second-order valence-corrected chi connectivity index (χ2v) is 9.44. The molecule has 0 unspecified atom stereocenters. The van der Waals surface area contributed by atoms with Crippen LogP contribution >= 0.6 is 0 Å². The Morgan fingerprint density at radius 1 is 0.643 bits per heavy atom. The van der Waals surface area contributed by atoms with Crippen LogP contribution in [0.15, 0.2) is 42.5 Å². The number of carbonyl (C=O) groups is 7. The molecule has 0 aliphatic carbocycles. The summed E-state index contributed by atoms with van der Waals surface area (Å²) in [6.45, 7) is 3.69. The van der Waals surface area contributed by atoms with E-state index in [4.69, 9.17) is 25.5 Å². The molecular formula is C28H30O14. The fraction of sp³-hybridized carbons (Fsp3) is 0.321. The number of ether oxygens (including phenoxy) is 2. The second kappa shape index (κ2) is 16.3. The summed E-state index contributed by atoms with van der Waals surface area (Å²) in [4.78, 5) is 74.0. The van der Waals surface area contributed by atoms with Gasteiger partial charge in [-0.3, -0.25) is 9.59 Å². The molecule has 14 heteroatoms. The van der Waals surface area contributed by atoms with E-state index in [1.807, 2.05) is 0 Å². The Morgan fingerprint density at radius 2 is 1.02 bits per heavy atom. The minimum Gasteiger partial charge on any atom is -0.481 e. The molecule has 2 heterocycles. The number of carboxylic acid groups (broad SMARTS) is 3. The quantitative estimate of drug-likeness (QED) is 0.169. The highest BCUT2D eigenvalue weighted by Crippen LogP contribution is 2.21. The van der Waals surface area contributed by atoms with Gasteiger partial charge in [-0.05, 0) is 43.2 Å². The number of aromatic carboxylic acids is 1. The lowest BCUT2D eigenvalue weighted by atomic mass is 9.97. The average molecular weight is 591 g/mol. The van der Waals surface area contributed by atoms with Crippen molar-refractivity contribution < 1.29 is 68.6 Å². The van der Waals surface area contributed by atoms with Gasteiger partial charge >= 0.3 is 41.8 Å². The number of cyclic esters (lactones) is 4. The average Bonchev–Trinajstić information content (AvgIpc) is 3.40. The van der Waals surface area contributed by atoms with Gasteiger partial charge in [-0.15, -0.1) is 0 Å². The molecule has 2 aromatic rings. The summed E-state index contributed by atoms with van der Waals surface area (Å²) in [5.41, 5.74) is 0.486. The summed E-state index contributed by atoms with van der Waals surface area (Å²) in [6, 6.07) is 10.2. The van der Waals surface area contributed by atoms with Gasteiger partial charge < -0.3 is 35.0 Å². The standard InChI is InChI=1S/C9H4O5.C8H4O3.C6H10O4.C5H12O2/c10-7(11)4-1-2-5-6(3-4)9(13)14-8(5)12;9-7-5-3-1-2-4-6(5)8(10)11-7;7-5(8)3-1-2-4-6(9)10;1-5(2,3-6)4-7/h1-3H,(H,10,11);1-4H;1-4H2,(H,7,8)(H,9,10);6-7H,3-4H2,1-2H3. The van der Waals surface area contributed by atoms with Crippen LogP contribution < -0.4 is 0 Å². The van der Waals surface area contributed by atoms with E-state index in [1.54, 1.807) is 38.1 Å². The minimum atomic E-state index is -1.15. The van der Waals surface area contributed by atoms with E-state index in [-0.39, 0.29) is 48.2 Å². The van der Waals surface area contributed by atoms with Gasteiger partial charge in [0.05, 0.1) is 41.0 Å². The first-order valence-corrected chi connectivity index (χ1v) is 12.3. The van der Waals surface area contributed by atoms with Crippen LogP contribution in [0.3, 0.4) is 0 Å². The Bertz CT molecular complexity index is 1290. The van der Waals surface area contributed by atoms with E-state index in [0.29, 0.717) is 24.0 Å². The summed E-state index contributed by atoms with van der Waals surface area (Å²) < 4.78 is 8.65. The fourth-order valence-corrected chi connectivity index (χ4v) is 2.85. The van der Waals surface area contributed by atoms with Gasteiger partial charge in [-0.2, -0.15) is 0 Å². The number of rotatable bonds is 8.